The molecule has 0 bridgehead atoms. The smallest absolute Gasteiger partial charge is 0.159 e. The summed E-state index contributed by atoms with van der Waals surface area (Å²) in [5.41, 5.74) is 3.56. The molecule has 4 aromatic heterocycles. The van der Waals surface area contributed by atoms with Gasteiger partial charge < -0.3 is 29.7 Å². The Morgan fingerprint density at radius 1 is 0.426 bits per heavy atom. The van der Waals surface area contributed by atoms with Gasteiger partial charge in [0.2, 0.25) is 0 Å². The number of aromatic nitrogens is 10. The van der Waals surface area contributed by atoms with Gasteiger partial charge in [0.25, 0.3) is 0 Å². The summed E-state index contributed by atoms with van der Waals surface area (Å²) in [6.07, 6.45) is 48.5. The van der Waals surface area contributed by atoms with Gasteiger partial charge in [0.15, 0.2) is 29.0 Å². The zero-order valence-electron chi connectivity index (χ0n) is 81.3. The molecule has 6 aromatic rings. The summed E-state index contributed by atoms with van der Waals surface area (Å²) in [7, 11) is 1.64. The van der Waals surface area contributed by atoms with E-state index < -0.39 is 28.2 Å². The Morgan fingerprint density at radius 2 is 0.814 bits per heavy atom. The van der Waals surface area contributed by atoms with Crippen LogP contribution in [0.15, 0.2) is 61.2 Å². The lowest BCUT2D eigenvalue weighted by Crippen LogP contribution is -2.55. The van der Waals surface area contributed by atoms with Crippen molar-refractivity contribution in [3.8, 4) is 5.75 Å². The average Bonchev–Trinajstić information content (AvgIpc) is 1.40. The van der Waals surface area contributed by atoms with E-state index in [-0.39, 0.29) is 63.2 Å². The molecule has 0 spiro atoms. The maximum Gasteiger partial charge on any atom is 0.159 e. The number of rotatable bonds is 13. The fraction of sp³-hybridized carbons (Fsp3) is 0.798. The first-order chi connectivity index (χ1) is 61.0. The van der Waals surface area contributed by atoms with Gasteiger partial charge in [0, 0.05) is 48.3 Å². The van der Waals surface area contributed by atoms with Gasteiger partial charge in [-0.25, -0.2) is 14.1 Å². The standard InChI is InChI=1S/C29H41N3O3.C28H38FN3O2.2C26H40N2O2/c1-27(34)13-14-28(2)18(16-27)5-7-20-21-8-9-23(29(21,3)12-11-22(20)28)26(33)17-32-25-10-6-19(35-4)15-24(25)30-31-32;1-26(34)13-14-27(2)17(15-26)7-8-18-19-9-10-21(28(19,3)12-11-20(18)27)24(33)16-32-30-23-6-4-5-22(29)25(23)31-32;1-17-14-27-28(15-17)16-23(29)22-8-7-20-19-6-5-18-13-24(2,30)11-12-25(18,3)21(19)9-10-26(20,22)4;1-17-27-13-14-28(17)16-23(29)22-8-7-20-19-6-5-18-15-24(2,30)11-12-25(18,3)21(19)9-10-26(20,22)4/h6,10,15,18,20-23,34H,5,7-9,11-14,16-17H2,1-4H3;4-6,17-21,34H,7-16H2,1-3H3;14-15,18-22,30H,5-13,16H2,1-4H3;13-14,18-22,30H,5-12,15-16H2,1-4H3/t18-,20-,21-,22-,23+,27+,28-,29-;17-,18-,19-,20-,21+,26+,27-,28-;2*18-,19-,20-,21-,22+,24+,25-,26-/m0000/s1. The van der Waals surface area contributed by atoms with Gasteiger partial charge in [0.1, 0.15) is 41.2 Å². The van der Waals surface area contributed by atoms with E-state index in [1.807, 2.05) is 87.6 Å². The van der Waals surface area contributed by atoms with Gasteiger partial charge in [-0.3, -0.25) is 23.9 Å². The highest BCUT2D eigenvalue weighted by molar-refractivity contribution is 5.85. The topological polar surface area (TPSA) is 255 Å². The van der Waals surface area contributed by atoms with Crippen LogP contribution in [0.2, 0.25) is 0 Å². The van der Waals surface area contributed by atoms with E-state index in [2.05, 4.69) is 86.0 Å². The van der Waals surface area contributed by atoms with Gasteiger partial charge in [0.05, 0.1) is 54.3 Å². The number of nitrogens with zero attached hydrogens (tertiary/aromatic N) is 10. The summed E-state index contributed by atoms with van der Waals surface area (Å²) in [5, 5.41) is 64.4. The Hall–Kier alpha value is -6.09. The fourth-order valence-electron chi connectivity index (χ4n) is 36.2. The molecule has 4 N–H and O–H groups in total. The first-order valence-corrected chi connectivity index (χ1v) is 51.9. The minimum absolute atomic E-state index is 0.0371. The molecule has 0 radical (unpaired) electrons. The number of carbonyl (C=O) groups excluding carboxylic acids is 4. The van der Waals surface area contributed by atoms with E-state index in [9.17, 15) is 44.0 Å². The molecule has 16 saturated carbocycles. The SMILES string of the molecule is COc1ccc2c(c1)nnn2CC(=O)[C@H]1CC[C@H]2[C@@H]3CC[C@H]4C[C@](C)(O)CC[C@]4(C)[C@H]3CC[C@]12C.C[C@@]1(O)CC[C@@]2(C)[C@@H](CC[C@@H]3[C@@H]2CC[C@]2(C)[C@@H](C(=O)Cn4nc5cccc(F)c5n4)CC[C@@H]32)C1.Cc1cnn(CC(=O)[C@H]2CC[C@H]3[C@@H]4CC[C@H]5C[C@](C)(O)CC[C@]5(C)[C@H]4CC[C@]23C)c1.Cc1nccn1CC(=O)[C@H]1CC[C@H]2[C@@H]3CC[C@H]4C[C@](C)(O)CC[C@]4(C)[C@H]3CC[C@]12C. The van der Waals surface area contributed by atoms with Crippen molar-refractivity contribution in [3.63, 3.8) is 0 Å². The predicted octanol–water partition coefficient (Wildman–Crippen LogP) is 21.3. The summed E-state index contributed by atoms with van der Waals surface area (Å²) in [6.45, 7) is 33.4. The van der Waals surface area contributed by atoms with Crippen LogP contribution >= 0.6 is 0 Å². The Morgan fingerprint density at radius 3 is 1.19 bits per heavy atom. The van der Waals surface area contributed by atoms with Crippen LogP contribution < -0.4 is 4.74 Å². The Labute approximate surface area is 768 Å². The van der Waals surface area contributed by atoms with Crippen molar-refractivity contribution in [1.82, 2.24) is 49.3 Å². The second-order valence-corrected chi connectivity index (χ2v) is 50.3. The summed E-state index contributed by atoms with van der Waals surface area (Å²) >= 11 is 0. The van der Waals surface area contributed by atoms with Gasteiger partial charge in [-0.1, -0.05) is 66.7 Å². The molecule has 0 amide bonds. The zero-order chi connectivity index (χ0) is 91.1. The normalized spacial score (nSPS) is 45.5. The van der Waals surface area contributed by atoms with Crippen LogP contribution in [0.1, 0.15) is 326 Å². The summed E-state index contributed by atoms with van der Waals surface area (Å²) in [6, 6.07) is 10.5. The Bertz CT molecular complexity index is 5170. The molecule has 20 heteroatoms. The number of ketones is 4. The quantitative estimate of drug-likeness (QED) is 0.0838. The van der Waals surface area contributed by atoms with Crippen molar-refractivity contribution in [3.05, 3.63) is 78.4 Å². The number of fused-ring (bicyclic) bond motifs is 22. The summed E-state index contributed by atoms with van der Waals surface area (Å²) < 4.78 is 25.0. The van der Waals surface area contributed by atoms with E-state index in [0.29, 0.717) is 117 Å². The van der Waals surface area contributed by atoms with Crippen molar-refractivity contribution in [2.75, 3.05) is 7.11 Å². The minimum atomic E-state index is -0.501. The third-order valence-corrected chi connectivity index (χ3v) is 43.4. The number of imidazole rings is 1. The third-order valence-electron chi connectivity index (χ3n) is 43.4. The molecule has 32 atom stereocenters. The highest BCUT2D eigenvalue weighted by Crippen LogP contribution is 2.74. The van der Waals surface area contributed by atoms with Crippen molar-refractivity contribution in [2.45, 2.75) is 377 Å². The third kappa shape index (κ3) is 16.0. The molecule has 2 aromatic carbocycles. The van der Waals surface area contributed by atoms with Gasteiger partial charge >= 0.3 is 0 Å². The average molecular weight is 1770 g/mol. The molecule has 22 rings (SSSR count). The van der Waals surface area contributed by atoms with E-state index in [1.54, 1.807) is 30.1 Å². The van der Waals surface area contributed by atoms with Gasteiger partial charge in [-0.15, -0.1) is 10.2 Å². The molecule has 16 fully saturated rings. The Kier molecular flexibility index (Phi) is 23.8. The van der Waals surface area contributed by atoms with E-state index in [4.69, 9.17) is 4.74 Å². The summed E-state index contributed by atoms with van der Waals surface area (Å²) in [5.74, 6) is 14.5. The monoisotopic (exact) mass is 1770 g/mol. The van der Waals surface area contributed by atoms with Gasteiger partial charge in [-0.05, 0) is 441 Å². The molecule has 16 aliphatic rings. The fourth-order valence-corrected chi connectivity index (χ4v) is 36.2. The van der Waals surface area contributed by atoms with Crippen LogP contribution in [0.4, 0.5) is 4.39 Å². The number of hydrogen-bond acceptors (Lipinski definition) is 15. The molecule has 16 aliphatic carbocycles. The van der Waals surface area contributed by atoms with Crippen LogP contribution in [0.5, 0.6) is 5.75 Å². The van der Waals surface area contributed by atoms with Crippen molar-refractivity contribution < 1.29 is 48.7 Å². The molecule has 0 saturated heterocycles. The Balaban J connectivity index is 0.000000112. The molecule has 4 heterocycles. The van der Waals surface area contributed by atoms with Crippen LogP contribution in [0, 0.1) is 181 Å². The molecular formula is C109H159FN10O9. The zero-order valence-corrected chi connectivity index (χ0v) is 81.3. The van der Waals surface area contributed by atoms with E-state index in [1.165, 1.54) is 133 Å². The molecule has 129 heavy (non-hydrogen) atoms. The lowest BCUT2D eigenvalue weighted by Gasteiger charge is -2.61. The lowest BCUT2D eigenvalue weighted by atomic mass is 9.44. The molecule has 0 unspecified atom stereocenters. The minimum Gasteiger partial charge on any atom is -0.497 e. The largest absolute Gasteiger partial charge is 0.497 e. The van der Waals surface area contributed by atoms with Gasteiger partial charge in [-0.2, -0.15) is 15.0 Å². The first kappa shape index (κ1) is 92.0. The number of Topliss-reactive ketones (excluding diaryl/α,β-unsaturated/α-hetero) is 4. The molecular weight excluding hydrogens is 1610 g/mol. The van der Waals surface area contributed by atoms with Crippen LogP contribution in [-0.4, -0.2) is 122 Å². The second-order valence-electron chi connectivity index (χ2n) is 50.3. The van der Waals surface area contributed by atoms with Crippen LogP contribution in [0.25, 0.3) is 22.1 Å². The molecule has 0 aliphatic heterocycles. The molecule has 19 nitrogen and oxygen atoms in total. The van der Waals surface area contributed by atoms with Crippen LogP contribution in [-0.2, 0) is 45.4 Å². The second kappa shape index (κ2) is 33.4. The number of benzene rings is 2. The lowest BCUT2D eigenvalue weighted by molar-refractivity contribution is -0.151. The maximum absolute atomic E-state index is 14.1. The van der Waals surface area contributed by atoms with Crippen molar-refractivity contribution in [2.24, 2.45) is 162 Å². The number of aryl methyl sites for hydroxylation is 2. The number of hydrogen-bond donors (Lipinski definition) is 4. The highest BCUT2D eigenvalue weighted by Gasteiger charge is 2.68. The number of methoxy groups -OCH3 is 1. The predicted molar refractivity (Wildman–Crippen MR) is 499 cm³/mol. The van der Waals surface area contributed by atoms with E-state index >= 15 is 0 Å². The van der Waals surface area contributed by atoms with E-state index in [0.717, 1.165) is 179 Å². The number of ether oxygens (including phenoxy) is 1. The maximum atomic E-state index is 14.1. The van der Waals surface area contributed by atoms with Crippen molar-refractivity contribution >= 4 is 45.2 Å². The highest BCUT2D eigenvalue weighted by atomic mass is 19.1. The number of halogens is 1. The number of carbonyl (C=O) groups is 4. The van der Waals surface area contributed by atoms with Crippen LogP contribution in [0.3, 0.4) is 0 Å². The summed E-state index contributed by atoms with van der Waals surface area (Å²) in [4.78, 5) is 59.6. The van der Waals surface area contributed by atoms with Crippen molar-refractivity contribution in [1.29, 1.82) is 0 Å². The number of aliphatic hydroxyl groups is 4. The first-order valence-electron chi connectivity index (χ1n) is 51.9. The molecule has 706 valence electrons.